The molecule has 68 valence electrons. The lowest BCUT2D eigenvalue weighted by atomic mass is 10.3. The lowest BCUT2D eigenvalue weighted by Gasteiger charge is -2.21. The van der Waals surface area contributed by atoms with Crippen LogP contribution in [-0.2, 0) is 0 Å². The van der Waals surface area contributed by atoms with E-state index in [4.69, 9.17) is 0 Å². The normalized spacial score (nSPS) is 14.4. The fourth-order valence-corrected chi connectivity index (χ4v) is 1.70. The topological polar surface area (TPSA) is 61.4 Å². The van der Waals surface area contributed by atoms with E-state index in [9.17, 15) is 4.79 Å². The molecule has 13 heavy (non-hydrogen) atoms. The van der Waals surface area contributed by atoms with Crippen LogP contribution in [0.1, 0.15) is 5.69 Å². The first-order chi connectivity index (χ1) is 6.33. The van der Waals surface area contributed by atoms with Gasteiger partial charge in [0.2, 0.25) is 0 Å². The van der Waals surface area contributed by atoms with Crippen LogP contribution in [0.4, 0.5) is 5.69 Å². The second-order valence-corrected chi connectivity index (χ2v) is 3.29. The zero-order valence-electron chi connectivity index (χ0n) is 7.02. The third kappa shape index (κ3) is 1.33. The van der Waals surface area contributed by atoms with Crippen molar-refractivity contribution in [1.29, 1.82) is 0 Å². The lowest BCUT2D eigenvalue weighted by Crippen LogP contribution is -2.28. The van der Waals surface area contributed by atoms with Gasteiger partial charge in [0, 0.05) is 6.26 Å². The molecule has 6 heteroatoms. The average molecular weight is 196 g/mol. The smallest absolute Gasteiger partial charge is 0.275 e. The molecule has 0 atom stereocenters. The summed E-state index contributed by atoms with van der Waals surface area (Å²) in [5, 5.41) is 0. The molecule has 2 rings (SSSR count). The van der Waals surface area contributed by atoms with Gasteiger partial charge in [0.25, 0.3) is 5.56 Å². The van der Waals surface area contributed by atoms with Gasteiger partial charge in [-0.05, 0) is 0 Å². The molecule has 1 aliphatic rings. The number of hydrogen-bond donors (Lipinski definition) is 1. The van der Waals surface area contributed by atoms with Crippen molar-refractivity contribution in [2.24, 2.45) is 4.99 Å². The van der Waals surface area contributed by atoms with Gasteiger partial charge in [-0.3, -0.25) is 14.1 Å². The first-order valence-corrected chi connectivity index (χ1v) is 4.90. The van der Waals surface area contributed by atoms with E-state index in [0.717, 1.165) is 0 Å². The van der Waals surface area contributed by atoms with Gasteiger partial charge in [-0.2, -0.15) is 0 Å². The van der Waals surface area contributed by atoms with Gasteiger partial charge >= 0.3 is 0 Å². The third-order valence-corrected chi connectivity index (χ3v) is 2.49. The molecule has 1 N–H and O–H groups in total. The van der Waals surface area contributed by atoms with Crippen molar-refractivity contribution < 1.29 is 0 Å². The van der Waals surface area contributed by atoms with Crippen molar-refractivity contribution in [2.45, 2.75) is 0 Å². The van der Waals surface area contributed by atoms with E-state index in [1.165, 1.54) is 18.3 Å². The molecule has 1 aliphatic heterocycles. The molecule has 2 heterocycles. The van der Waals surface area contributed by atoms with Crippen molar-refractivity contribution in [2.75, 3.05) is 17.2 Å². The Kier molecular flexibility index (Phi) is 2.05. The van der Waals surface area contributed by atoms with E-state index < -0.39 is 0 Å². The molecule has 1 aromatic heterocycles. The highest BCUT2D eigenvalue weighted by Gasteiger charge is 2.17. The number of H-pyrrole nitrogens is 1. The van der Waals surface area contributed by atoms with Crippen molar-refractivity contribution in [3.8, 4) is 0 Å². The molecule has 0 saturated carbocycles. The van der Waals surface area contributed by atoms with Gasteiger partial charge < -0.3 is 4.98 Å². The summed E-state index contributed by atoms with van der Waals surface area (Å²) in [6, 6.07) is 0. The third-order valence-electron chi connectivity index (χ3n) is 1.75. The Hall–Kier alpha value is -1.30. The fourth-order valence-electron chi connectivity index (χ4n) is 1.16. The first-order valence-electron chi connectivity index (χ1n) is 3.72. The molecule has 0 spiro atoms. The summed E-state index contributed by atoms with van der Waals surface area (Å²) in [6.07, 6.45) is 4.91. The largest absolute Gasteiger partial charge is 0.311 e. The average Bonchev–Trinajstić information content (AvgIpc) is 2.17. The molecular formula is C7H8N4OS. The molecule has 0 unspecified atom stereocenters. The monoisotopic (exact) mass is 196 g/mol. The van der Waals surface area contributed by atoms with Crippen LogP contribution in [0.15, 0.2) is 16.1 Å². The minimum Gasteiger partial charge on any atom is -0.311 e. The molecule has 1 aromatic rings. The maximum absolute atomic E-state index is 11.4. The first kappa shape index (κ1) is 8.31. The molecule has 0 fully saturated rings. The van der Waals surface area contributed by atoms with Crippen LogP contribution in [0, 0.1) is 0 Å². The fraction of sp³-hybridized carbons (Fsp3) is 0.286. The van der Waals surface area contributed by atoms with Crippen LogP contribution < -0.4 is 9.86 Å². The summed E-state index contributed by atoms with van der Waals surface area (Å²) >= 11 is 1.46. The van der Waals surface area contributed by atoms with Crippen LogP contribution in [0.5, 0.6) is 0 Å². The molecule has 0 aliphatic carbocycles. The molecule has 0 aromatic carbocycles. The minimum atomic E-state index is -0.120. The Bertz CT molecular complexity index is 400. The predicted octanol–water partition coefficient (Wildman–Crippen LogP) is 0.244. The summed E-state index contributed by atoms with van der Waals surface area (Å²) in [7, 11) is 0. The van der Waals surface area contributed by atoms with Crippen molar-refractivity contribution >= 4 is 23.8 Å². The van der Waals surface area contributed by atoms with E-state index >= 15 is 0 Å². The van der Waals surface area contributed by atoms with Crippen LogP contribution in [0.25, 0.3) is 0 Å². The SMILES string of the molecule is CSN1CN=Cc2nc[nH]c(=O)c21. The van der Waals surface area contributed by atoms with E-state index in [2.05, 4.69) is 15.0 Å². The highest BCUT2D eigenvalue weighted by Crippen LogP contribution is 2.20. The van der Waals surface area contributed by atoms with E-state index in [-0.39, 0.29) is 5.56 Å². The molecule has 0 amide bonds. The van der Waals surface area contributed by atoms with Crippen LogP contribution >= 0.6 is 11.9 Å². The number of nitrogens with one attached hydrogen (secondary N) is 1. The number of hydrogen-bond acceptors (Lipinski definition) is 5. The summed E-state index contributed by atoms with van der Waals surface area (Å²) in [5.74, 6) is 0. The number of aliphatic imine (C=N–C) groups is 1. The second kappa shape index (κ2) is 3.21. The molecule has 0 bridgehead atoms. The Labute approximate surface area is 79.0 Å². The van der Waals surface area contributed by atoms with Gasteiger partial charge in [-0.25, -0.2) is 4.98 Å². The van der Waals surface area contributed by atoms with Crippen LogP contribution in [0.3, 0.4) is 0 Å². The molecule has 0 saturated heterocycles. The Morgan fingerprint density at radius 1 is 1.69 bits per heavy atom. The molecule has 0 radical (unpaired) electrons. The van der Waals surface area contributed by atoms with Gasteiger partial charge in [0.1, 0.15) is 18.1 Å². The summed E-state index contributed by atoms with van der Waals surface area (Å²) in [6.45, 7) is 0.503. The Morgan fingerprint density at radius 2 is 2.54 bits per heavy atom. The molecule has 5 nitrogen and oxygen atoms in total. The highest BCUT2D eigenvalue weighted by molar-refractivity contribution is 7.99. The number of rotatable bonds is 1. The Balaban J connectivity index is 2.61. The zero-order valence-corrected chi connectivity index (χ0v) is 7.84. The second-order valence-electron chi connectivity index (χ2n) is 2.48. The summed E-state index contributed by atoms with van der Waals surface area (Å²) in [5.41, 5.74) is 1.10. The quantitative estimate of drug-likeness (QED) is 0.654. The summed E-state index contributed by atoms with van der Waals surface area (Å²) < 4.78 is 1.81. The standard InChI is InChI=1S/C7H8N4OS/c1-13-11-4-8-2-5-6(11)7(12)10-3-9-5/h2-3H,4H2,1H3,(H,9,10,12). The predicted molar refractivity (Wildman–Crippen MR) is 53.3 cm³/mol. The molecular weight excluding hydrogens is 188 g/mol. The maximum atomic E-state index is 11.4. The summed E-state index contributed by atoms with van der Waals surface area (Å²) in [4.78, 5) is 22.1. The van der Waals surface area contributed by atoms with Gasteiger partial charge in [-0.15, -0.1) is 0 Å². The van der Waals surface area contributed by atoms with E-state index in [1.54, 1.807) is 10.5 Å². The Morgan fingerprint density at radius 3 is 3.31 bits per heavy atom. The minimum absolute atomic E-state index is 0.120. The highest BCUT2D eigenvalue weighted by atomic mass is 32.2. The number of fused-ring (bicyclic) bond motifs is 1. The zero-order chi connectivity index (χ0) is 9.26. The van der Waals surface area contributed by atoms with E-state index in [1.807, 2.05) is 6.26 Å². The maximum Gasteiger partial charge on any atom is 0.275 e. The van der Waals surface area contributed by atoms with Gasteiger partial charge in [0.15, 0.2) is 0 Å². The lowest BCUT2D eigenvalue weighted by molar-refractivity contribution is 0.986. The van der Waals surface area contributed by atoms with Gasteiger partial charge in [-0.1, -0.05) is 11.9 Å². The number of aromatic amines is 1. The number of aromatic nitrogens is 2. The van der Waals surface area contributed by atoms with Crippen molar-refractivity contribution in [1.82, 2.24) is 9.97 Å². The number of anilines is 1. The van der Waals surface area contributed by atoms with Gasteiger partial charge in [0.05, 0.1) is 12.5 Å². The van der Waals surface area contributed by atoms with E-state index in [0.29, 0.717) is 18.1 Å². The van der Waals surface area contributed by atoms with Crippen molar-refractivity contribution in [3.05, 3.63) is 22.4 Å². The number of nitrogens with zero attached hydrogens (tertiary/aromatic N) is 3. The van der Waals surface area contributed by atoms with Crippen LogP contribution in [-0.4, -0.2) is 29.1 Å². The van der Waals surface area contributed by atoms with Crippen molar-refractivity contribution in [3.63, 3.8) is 0 Å². The van der Waals surface area contributed by atoms with Crippen LogP contribution in [0.2, 0.25) is 0 Å².